The van der Waals surface area contributed by atoms with Crippen LogP contribution in [0.1, 0.15) is 62.1 Å². The van der Waals surface area contributed by atoms with Crippen LogP contribution in [0.2, 0.25) is 0 Å². The molecule has 0 radical (unpaired) electrons. The number of aliphatic hydroxyl groups is 1. The van der Waals surface area contributed by atoms with Gasteiger partial charge in [-0.2, -0.15) is 0 Å². The van der Waals surface area contributed by atoms with Gasteiger partial charge in [-0.15, -0.1) is 0 Å². The summed E-state index contributed by atoms with van der Waals surface area (Å²) in [5.41, 5.74) is 10.3. The molecule has 1 aromatic carbocycles. The smallest absolute Gasteiger partial charge is 0.0647 e. The van der Waals surface area contributed by atoms with Crippen molar-refractivity contribution >= 4 is 0 Å². The molecule has 3 atom stereocenters. The Morgan fingerprint density at radius 1 is 1.31 bits per heavy atom. The lowest BCUT2D eigenvalue weighted by Gasteiger charge is -2.26. The molecule has 0 saturated heterocycles. The molecule has 2 aliphatic carbocycles. The number of allylic oxidation sites excluding steroid dienone is 1. The van der Waals surface area contributed by atoms with E-state index in [4.69, 9.17) is 10.5 Å². The third kappa shape index (κ3) is 4.97. The first kappa shape index (κ1) is 19.6. The zero-order chi connectivity index (χ0) is 18.6. The van der Waals surface area contributed by atoms with Crippen LogP contribution in [0.25, 0.3) is 0 Å². The molecule has 3 nitrogen and oxygen atoms in total. The maximum absolute atomic E-state index is 9.50. The van der Waals surface area contributed by atoms with Gasteiger partial charge in [-0.25, -0.2) is 0 Å². The molecule has 26 heavy (non-hydrogen) atoms. The standard InChI is InChI=1S/C23H35NO2/c1-17(2)4-3-11-26-15-18-5-6-20-13-21(8-7-19(20)12-18)22-9-10-23(24,14-22)16-25/h3-4,7-8,13,17-18,22,25H,5-6,9-12,14-16,24H2,1-2H3/b4-3-/t18-,22+,23-/m1/s1. The van der Waals surface area contributed by atoms with Crippen LogP contribution in [0.4, 0.5) is 0 Å². The maximum Gasteiger partial charge on any atom is 0.0647 e. The average molecular weight is 358 g/mol. The molecule has 3 heteroatoms. The van der Waals surface area contributed by atoms with E-state index in [1.54, 1.807) is 0 Å². The summed E-state index contributed by atoms with van der Waals surface area (Å²) in [7, 11) is 0. The molecule has 0 aromatic heterocycles. The number of rotatable bonds is 7. The van der Waals surface area contributed by atoms with E-state index in [9.17, 15) is 5.11 Å². The largest absolute Gasteiger partial charge is 0.394 e. The van der Waals surface area contributed by atoms with Gasteiger partial charge in [0.2, 0.25) is 0 Å². The van der Waals surface area contributed by atoms with Gasteiger partial charge in [0.1, 0.15) is 0 Å². The molecule has 144 valence electrons. The highest BCUT2D eigenvalue weighted by molar-refractivity contribution is 5.36. The van der Waals surface area contributed by atoms with E-state index in [1.165, 1.54) is 23.1 Å². The van der Waals surface area contributed by atoms with Crippen LogP contribution in [-0.2, 0) is 17.6 Å². The molecule has 0 amide bonds. The van der Waals surface area contributed by atoms with E-state index in [-0.39, 0.29) is 12.1 Å². The van der Waals surface area contributed by atoms with Crippen molar-refractivity contribution in [1.29, 1.82) is 0 Å². The van der Waals surface area contributed by atoms with Crippen molar-refractivity contribution in [2.75, 3.05) is 19.8 Å². The van der Waals surface area contributed by atoms with Gasteiger partial charge >= 0.3 is 0 Å². The Kier molecular flexibility index (Phi) is 6.55. The van der Waals surface area contributed by atoms with E-state index in [2.05, 4.69) is 44.2 Å². The lowest BCUT2D eigenvalue weighted by atomic mass is 9.82. The van der Waals surface area contributed by atoms with Crippen LogP contribution in [0.3, 0.4) is 0 Å². The molecule has 0 spiro atoms. The Balaban J connectivity index is 1.53. The van der Waals surface area contributed by atoms with Crippen LogP contribution < -0.4 is 5.73 Å². The summed E-state index contributed by atoms with van der Waals surface area (Å²) >= 11 is 0. The highest BCUT2D eigenvalue weighted by atomic mass is 16.5. The molecule has 0 unspecified atom stereocenters. The minimum atomic E-state index is -0.368. The van der Waals surface area contributed by atoms with Gasteiger partial charge in [0.05, 0.1) is 19.8 Å². The molecule has 1 fully saturated rings. The Morgan fingerprint density at radius 2 is 2.15 bits per heavy atom. The van der Waals surface area contributed by atoms with Crippen molar-refractivity contribution in [3.05, 3.63) is 47.0 Å². The quantitative estimate of drug-likeness (QED) is 0.573. The van der Waals surface area contributed by atoms with Crippen LogP contribution >= 0.6 is 0 Å². The third-order valence-electron chi connectivity index (χ3n) is 6.08. The van der Waals surface area contributed by atoms with Crippen molar-refractivity contribution in [1.82, 2.24) is 0 Å². The van der Waals surface area contributed by atoms with Gasteiger partial charge in [-0.1, -0.05) is 44.2 Å². The molecule has 0 heterocycles. The van der Waals surface area contributed by atoms with Crippen LogP contribution in [0.5, 0.6) is 0 Å². The van der Waals surface area contributed by atoms with E-state index < -0.39 is 0 Å². The minimum absolute atomic E-state index is 0.0997. The lowest BCUT2D eigenvalue weighted by molar-refractivity contribution is 0.116. The fourth-order valence-corrected chi connectivity index (χ4v) is 4.46. The molecule has 1 saturated carbocycles. The van der Waals surface area contributed by atoms with Crippen LogP contribution in [-0.4, -0.2) is 30.5 Å². The molecule has 1 aromatic rings. The average Bonchev–Trinajstić information content (AvgIpc) is 3.04. The Morgan fingerprint density at radius 3 is 2.88 bits per heavy atom. The summed E-state index contributed by atoms with van der Waals surface area (Å²) in [6, 6.07) is 7.03. The summed E-state index contributed by atoms with van der Waals surface area (Å²) in [5.74, 6) is 1.74. The van der Waals surface area contributed by atoms with Crippen molar-refractivity contribution in [2.45, 2.75) is 63.8 Å². The summed E-state index contributed by atoms with van der Waals surface area (Å²) < 4.78 is 5.85. The highest BCUT2D eigenvalue weighted by Gasteiger charge is 2.36. The molecular formula is C23H35NO2. The number of benzene rings is 1. The number of ether oxygens (including phenoxy) is 1. The van der Waals surface area contributed by atoms with Crippen LogP contribution in [0, 0.1) is 11.8 Å². The number of hydrogen-bond acceptors (Lipinski definition) is 3. The zero-order valence-electron chi connectivity index (χ0n) is 16.4. The maximum atomic E-state index is 9.50. The van der Waals surface area contributed by atoms with Gasteiger partial charge in [-0.3, -0.25) is 0 Å². The highest BCUT2D eigenvalue weighted by Crippen LogP contribution is 2.40. The summed E-state index contributed by atoms with van der Waals surface area (Å²) in [5, 5.41) is 9.50. The minimum Gasteiger partial charge on any atom is -0.394 e. The van der Waals surface area contributed by atoms with Gasteiger partial charge < -0.3 is 15.6 Å². The van der Waals surface area contributed by atoms with Crippen molar-refractivity contribution in [3.8, 4) is 0 Å². The fourth-order valence-electron chi connectivity index (χ4n) is 4.46. The number of hydrogen-bond donors (Lipinski definition) is 2. The third-order valence-corrected chi connectivity index (χ3v) is 6.08. The predicted octanol–water partition coefficient (Wildman–Crippen LogP) is 3.98. The number of aliphatic hydroxyl groups excluding tert-OH is 1. The van der Waals surface area contributed by atoms with Crippen molar-refractivity contribution < 1.29 is 9.84 Å². The number of aryl methyl sites for hydroxylation is 1. The monoisotopic (exact) mass is 357 g/mol. The van der Waals surface area contributed by atoms with E-state index >= 15 is 0 Å². The van der Waals surface area contributed by atoms with E-state index in [0.717, 1.165) is 45.3 Å². The Labute approximate surface area is 158 Å². The van der Waals surface area contributed by atoms with Gasteiger partial charge in [-0.05, 0) is 73.0 Å². The molecule has 3 N–H and O–H groups in total. The molecule has 0 aliphatic heterocycles. The number of fused-ring (bicyclic) bond motifs is 1. The van der Waals surface area contributed by atoms with Crippen molar-refractivity contribution in [3.63, 3.8) is 0 Å². The lowest BCUT2D eigenvalue weighted by Crippen LogP contribution is -2.40. The van der Waals surface area contributed by atoms with E-state index in [1.807, 2.05) is 0 Å². The van der Waals surface area contributed by atoms with Crippen molar-refractivity contribution in [2.24, 2.45) is 17.6 Å². The second kappa shape index (κ2) is 8.69. The molecule has 3 rings (SSSR count). The van der Waals surface area contributed by atoms with Gasteiger partial charge in [0.15, 0.2) is 0 Å². The normalized spacial score (nSPS) is 28.8. The first-order valence-corrected chi connectivity index (χ1v) is 10.2. The number of nitrogens with two attached hydrogens (primary N) is 1. The molecule has 2 aliphatic rings. The Hall–Kier alpha value is -1.16. The second-order valence-electron chi connectivity index (χ2n) is 8.81. The zero-order valence-corrected chi connectivity index (χ0v) is 16.4. The van der Waals surface area contributed by atoms with E-state index in [0.29, 0.717) is 17.8 Å². The summed E-state index contributed by atoms with van der Waals surface area (Å²) in [6.07, 6.45) is 10.8. The molecule has 0 bridgehead atoms. The first-order valence-electron chi connectivity index (χ1n) is 10.2. The SMILES string of the molecule is CC(C)/C=C\COC[C@@H]1CCc2cc([C@H]3CC[C@](N)(CO)C3)ccc2C1. The summed E-state index contributed by atoms with van der Waals surface area (Å²) in [4.78, 5) is 0. The summed E-state index contributed by atoms with van der Waals surface area (Å²) in [6.45, 7) is 6.06. The fraction of sp³-hybridized carbons (Fsp3) is 0.652. The van der Waals surface area contributed by atoms with Gasteiger partial charge in [0, 0.05) is 5.54 Å². The topological polar surface area (TPSA) is 55.5 Å². The first-order chi connectivity index (χ1) is 12.5. The molecular weight excluding hydrogens is 322 g/mol. The van der Waals surface area contributed by atoms with Gasteiger partial charge in [0.25, 0.3) is 0 Å². The second-order valence-corrected chi connectivity index (χ2v) is 8.81. The predicted molar refractivity (Wildman–Crippen MR) is 107 cm³/mol. The Bertz CT molecular complexity index is 625. The van der Waals surface area contributed by atoms with Crippen LogP contribution in [0.15, 0.2) is 30.4 Å².